The highest BCUT2D eigenvalue weighted by atomic mass is 32.1. The van der Waals surface area contributed by atoms with Crippen molar-refractivity contribution >= 4 is 33.5 Å². The van der Waals surface area contributed by atoms with Gasteiger partial charge >= 0.3 is 0 Å². The van der Waals surface area contributed by atoms with E-state index in [2.05, 4.69) is 20.5 Å². The zero-order chi connectivity index (χ0) is 14.7. The van der Waals surface area contributed by atoms with Crippen LogP contribution in [-0.2, 0) is 0 Å². The summed E-state index contributed by atoms with van der Waals surface area (Å²) in [6, 6.07) is 6.26. The van der Waals surface area contributed by atoms with Crippen molar-refractivity contribution in [1.82, 2.24) is 9.97 Å². The van der Waals surface area contributed by atoms with E-state index in [9.17, 15) is 4.39 Å². The summed E-state index contributed by atoms with van der Waals surface area (Å²) < 4.78 is 12.9. The molecule has 0 saturated heterocycles. The van der Waals surface area contributed by atoms with Crippen LogP contribution < -0.4 is 5.43 Å². The second kappa shape index (κ2) is 6.11. The average Bonchev–Trinajstić information content (AvgIpc) is 3.17. The van der Waals surface area contributed by atoms with E-state index < -0.39 is 0 Å². The molecule has 0 aliphatic carbocycles. The van der Waals surface area contributed by atoms with Crippen LogP contribution in [0, 0.1) is 5.82 Å². The maximum absolute atomic E-state index is 12.9. The Labute approximate surface area is 129 Å². The average molecular weight is 318 g/mol. The predicted molar refractivity (Wildman–Crippen MR) is 85.5 cm³/mol. The SMILES string of the molecule is C/C(=N/Nc1nc(-c2ccc(F)cc2)cs1)c1nccs1. The lowest BCUT2D eigenvalue weighted by Gasteiger charge is -1.97. The van der Waals surface area contributed by atoms with Gasteiger partial charge in [0.15, 0.2) is 0 Å². The highest BCUT2D eigenvalue weighted by Crippen LogP contribution is 2.25. The second-order valence-electron chi connectivity index (χ2n) is 4.19. The molecule has 0 fully saturated rings. The molecule has 3 aromatic rings. The minimum atomic E-state index is -0.254. The molecule has 7 heteroatoms. The van der Waals surface area contributed by atoms with E-state index in [1.807, 2.05) is 17.7 Å². The summed E-state index contributed by atoms with van der Waals surface area (Å²) in [6.07, 6.45) is 1.75. The second-order valence-corrected chi connectivity index (χ2v) is 5.94. The molecule has 1 N–H and O–H groups in total. The van der Waals surface area contributed by atoms with Gasteiger partial charge in [0.1, 0.15) is 10.8 Å². The molecule has 0 radical (unpaired) electrons. The van der Waals surface area contributed by atoms with Gasteiger partial charge in [-0.1, -0.05) is 0 Å². The molecule has 3 rings (SSSR count). The first-order valence-corrected chi connectivity index (χ1v) is 7.90. The smallest absolute Gasteiger partial charge is 0.203 e. The molecule has 0 amide bonds. The van der Waals surface area contributed by atoms with Crippen LogP contribution in [0.25, 0.3) is 11.3 Å². The van der Waals surface area contributed by atoms with E-state index in [1.54, 1.807) is 18.3 Å². The molecule has 2 heterocycles. The number of rotatable bonds is 4. The summed E-state index contributed by atoms with van der Waals surface area (Å²) in [7, 11) is 0. The number of nitrogens with zero attached hydrogens (tertiary/aromatic N) is 3. The van der Waals surface area contributed by atoms with Gasteiger partial charge in [-0.05, 0) is 31.2 Å². The fourth-order valence-corrected chi connectivity index (χ4v) is 2.91. The van der Waals surface area contributed by atoms with Crippen LogP contribution in [0.3, 0.4) is 0 Å². The molecule has 21 heavy (non-hydrogen) atoms. The van der Waals surface area contributed by atoms with Crippen LogP contribution >= 0.6 is 22.7 Å². The van der Waals surface area contributed by atoms with Crippen LogP contribution in [0.15, 0.2) is 46.3 Å². The summed E-state index contributed by atoms with van der Waals surface area (Å²) in [5.74, 6) is -0.254. The van der Waals surface area contributed by atoms with Crippen LogP contribution in [0.1, 0.15) is 11.9 Å². The number of hydrogen-bond acceptors (Lipinski definition) is 6. The molecule has 0 spiro atoms. The van der Waals surface area contributed by atoms with Crippen molar-refractivity contribution in [2.24, 2.45) is 5.10 Å². The first kappa shape index (κ1) is 13.8. The molecule has 0 atom stereocenters. The Morgan fingerprint density at radius 2 is 2.05 bits per heavy atom. The Balaban J connectivity index is 1.73. The number of aromatic nitrogens is 2. The van der Waals surface area contributed by atoms with Crippen molar-refractivity contribution in [1.29, 1.82) is 0 Å². The summed E-state index contributed by atoms with van der Waals surface area (Å²) in [6.45, 7) is 1.89. The fourth-order valence-electron chi connectivity index (χ4n) is 1.66. The molecule has 0 unspecified atom stereocenters. The minimum Gasteiger partial charge on any atom is -0.252 e. The topological polar surface area (TPSA) is 50.2 Å². The van der Waals surface area contributed by atoms with Crippen molar-refractivity contribution in [2.75, 3.05) is 5.43 Å². The molecule has 1 aromatic carbocycles. The number of hydrogen-bond donors (Lipinski definition) is 1. The molecule has 0 aliphatic heterocycles. The number of halogens is 1. The first-order valence-electron chi connectivity index (χ1n) is 6.14. The van der Waals surface area contributed by atoms with E-state index in [0.717, 1.165) is 22.0 Å². The molecule has 0 aliphatic rings. The number of thiazole rings is 2. The maximum atomic E-state index is 12.9. The van der Waals surface area contributed by atoms with Crippen molar-refractivity contribution in [3.63, 3.8) is 0 Å². The Bertz CT molecular complexity index is 748. The Hall–Kier alpha value is -2.12. The lowest BCUT2D eigenvalue weighted by Crippen LogP contribution is -1.98. The zero-order valence-electron chi connectivity index (χ0n) is 11.1. The molecule has 2 aromatic heterocycles. The normalized spacial score (nSPS) is 11.6. The molecule has 0 bridgehead atoms. The number of anilines is 1. The van der Waals surface area contributed by atoms with Crippen LogP contribution in [0.4, 0.5) is 9.52 Å². The van der Waals surface area contributed by atoms with Gasteiger partial charge in [-0.15, -0.1) is 22.7 Å². The quantitative estimate of drug-likeness (QED) is 0.578. The zero-order valence-corrected chi connectivity index (χ0v) is 12.7. The van der Waals surface area contributed by atoms with Gasteiger partial charge in [0.05, 0.1) is 11.4 Å². The van der Waals surface area contributed by atoms with E-state index in [0.29, 0.717) is 5.13 Å². The summed E-state index contributed by atoms with van der Waals surface area (Å²) >= 11 is 2.98. The maximum Gasteiger partial charge on any atom is 0.203 e. The van der Waals surface area contributed by atoms with Gasteiger partial charge < -0.3 is 0 Å². The largest absolute Gasteiger partial charge is 0.252 e. The van der Waals surface area contributed by atoms with Gasteiger partial charge in [-0.2, -0.15) is 5.10 Å². The molecular formula is C14H11FN4S2. The van der Waals surface area contributed by atoms with E-state index in [4.69, 9.17) is 0 Å². The van der Waals surface area contributed by atoms with E-state index in [-0.39, 0.29) is 5.82 Å². The summed E-state index contributed by atoms with van der Waals surface area (Å²) in [5.41, 5.74) is 5.40. The van der Waals surface area contributed by atoms with Gasteiger partial charge in [-0.25, -0.2) is 14.4 Å². The van der Waals surface area contributed by atoms with Gasteiger partial charge in [0, 0.05) is 22.5 Å². The lowest BCUT2D eigenvalue weighted by molar-refractivity contribution is 0.628. The number of nitrogens with one attached hydrogen (secondary N) is 1. The third kappa shape index (κ3) is 3.32. The number of hydrazone groups is 1. The highest BCUT2D eigenvalue weighted by Gasteiger charge is 2.05. The predicted octanol–water partition coefficient (Wildman–Crippen LogP) is 4.24. The van der Waals surface area contributed by atoms with Gasteiger partial charge in [0.2, 0.25) is 5.13 Å². The van der Waals surface area contributed by atoms with Crippen LogP contribution in [-0.4, -0.2) is 15.7 Å². The van der Waals surface area contributed by atoms with Crippen molar-refractivity contribution in [3.05, 3.63) is 52.0 Å². The van der Waals surface area contributed by atoms with Gasteiger partial charge in [0.25, 0.3) is 0 Å². The summed E-state index contributed by atoms with van der Waals surface area (Å²) in [5, 5.41) is 9.63. The van der Waals surface area contributed by atoms with E-state index in [1.165, 1.54) is 34.8 Å². The van der Waals surface area contributed by atoms with E-state index >= 15 is 0 Å². The van der Waals surface area contributed by atoms with Crippen LogP contribution in [0.2, 0.25) is 0 Å². The third-order valence-electron chi connectivity index (χ3n) is 2.71. The number of benzene rings is 1. The highest BCUT2D eigenvalue weighted by molar-refractivity contribution is 7.14. The molecular weight excluding hydrogens is 307 g/mol. The van der Waals surface area contributed by atoms with Crippen molar-refractivity contribution in [3.8, 4) is 11.3 Å². The third-order valence-corrected chi connectivity index (χ3v) is 4.33. The Kier molecular flexibility index (Phi) is 4.03. The molecule has 4 nitrogen and oxygen atoms in total. The standard InChI is InChI=1S/C14H11FN4S2/c1-9(13-16-6-7-20-13)18-19-14-17-12(8-21-14)10-2-4-11(15)5-3-10/h2-8H,1H3,(H,17,19)/b18-9-. The van der Waals surface area contributed by atoms with Crippen molar-refractivity contribution < 1.29 is 4.39 Å². The fraction of sp³-hybridized carbons (Fsp3) is 0.0714. The minimum absolute atomic E-state index is 0.254. The lowest BCUT2D eigenvalue weighted by atomic mass is 10.2. The first-order chi connectivity index (χ1) is 10.2. The molecule has 0 saturated carbocycles. The summed E-state index contributed by atoms with van der Waals surface area (Å²) in [4.78, 5) is 8.61. The van der Waals surface area contributed by atoms with Crippen LogP contribution in [0.5, 0.6) is 0 Å². The Morgan fingerprint density at radius 3 is 2.76 bits per heavy atom. The monoisotopic (exact) mass is 318 g/mol. The van der Waals surface area contributed by atoms with Crippen molar-refractivity contribution in [2.45, 2.75) is 6.92 Å². The Morgan fingerprint density at radius 1 is 1.24 bits per heavy atom. The van der Waals surface area contributed by atoms with Gasteiger partial charge in [-0.3, -0.25) is 5.43 Å². The molecule has 106 valence electrons.